The Morgan fingerprint density at radius 3 is 2.85 bits per heavy atom. The number of hydrogen-bond donors (Lipinski definition) is 1. The van der Waals surface area contributed by atoms with Gasteiger partial charge >= 0.3 is 0 Å². The molecule has 0 amide bonds. The summed E-state index contributed by atoms with van der Waals surface area (Å²) in [5.74, 6) is 1.65. The van der Waals surface area contributed by atoms with Crippen LogP contribution in [-0.2, 0) is 4.79 Å². The maximum Gasteiger partial charge on any atom is 0.227 e. The van der Waals surface area contributed by atoms with Crippen molar-refractivity contribution in [2.45, 2.75) is 37.9 Å². The van der Waals surface area contributed by atoms with Gasteiger partial charge in [0.25, 0.3) is 0 Å². The number of ketones is 1. The third-order valence-electron chi connectivity index (χ3n) is 4.76. The number of benzene rings is 1. The first kappa shape index (κ1) is 17.1. The van der Waals surface area contributed by atoms with Gasteiger partial charge in [0, 0.05) is 23.4 Å². The van der Waals surface area contributed by atoms with Gasteiger partial charge in [0.05, 0.1) is 0 Å². The number of carbonyl (C=O) groups excluding carboxylic acids is 1. The van der Waals surface area contributed by atoms with Crippen molar-refractivity contribution in [3.8, 4) is 0 Å². The Morgan fingerprint density at radius 1 is 1.35 bits per heavy atom. The van der Waals surface area contributed by atoms with Crippen molar-refractivity contribution < 1.29 is 4.79 Å². The summed E-state index contributed by atoms with van der Waals surface area (Å²) in [6, 6.07) is 9.86. The Balaban J connectivity index is 1.84. The van der Waals surface area contributed by atoms with Crippen molar-refractivity contribution >= 4 is 23.5 Å². The van der Waals surface area contributed by atoms with E-state index in [0.717, 1.165) is 29.0 Å². The second-order valence-electron chi connectivity index (χ2n) is 7.53. The average molecular weight is 366 g/mol. The molecule has 6 heteroatoms. The van der Waals surface area contributed by atoms with E-state index in [-0.39, 0.29) is 17.2 Å². The van der Waals surface area contributed by atoms with Gasteiger partial charge in [-0.1, -0.05) is 62.0 Å². The normalized spacial score (nSPS) is 21.0. The molecule has 0 saturated carbocycles. The molecule has 2 aromatic rings. The number of thioether (sulfide) groups is 1. The summed E-state index contributed by atoms with van der Waals surface area (Å²) >= 11 is 1.54. The van der Waals surface area contributed by atoms with Gasteiger partial charge in [0.15, 0.2) is 5.78 Å². The molecule has 1 atom stereocenters. The fourth-order valence-electron chi connectivity index (χ4n) is 3.73. The lowest BCUT2D eigenvalue weighted by Gasteiger charge is -2.38. The highest BCUT2D eigenvalue weighted by Gasteiger charge is 2.41. The van der Waals surface area contributed by atoms with Gasteiger partial charge in [-0.2, -0.15) is 4.98 Å². The average Bonchev–Trinajstić information content (AvgIpc) is 3.00. The standard InChI is InChI=1S/C20H22N4OS/c1-4-10-26-19-22-18-21-14-11-20(2,3)12-15(25)16(14)17(24(18)23-19)13-8-6-5-7-9-13/h4-9,17H,1,10-12H2,2-3H3,(H,21,22,23)/t17-/m0/s1. The summed E-state index contributed by atoms with van der Waals surface area (Å²) in [6.45, 7) is 8.03. The van der Waals surface area contributed by atoms with Crippen LogP contribution in [0.5, 0.6) is 0 Å². The number of aromatic nitrogens is 3. The molecule has 1 N–H and O–H groups in total. The number of anilines is 1. The lowest BCUT2D eigenvalue weighted by molar-refractivity contribution is -0.118. The first-order chi connectivity index (χ1) is 12.5. The molecule has 0 fully saturated rings. The number of allylic oxidation sites excluding steroid dienone is 2. The predicted molar refractivity (Wildman–Crippen MR) is 104 cm³/mol. The van der Waals surface area contributed by atoms with Crippen LogP contribution in [0.15, 0.2) is 59.4 Å². The third-order valence-corrected chi connectivity index (χ3v) is 5.59. The lowest BCUT2D eigenvalue weighted by Crippen LogP contribution is -2.36. The van der Waals surface area contributed by atoms with Crippen LogP contribution in [0.2, 0.25) is 0 Å². The van der Waals surface area contributed by atoms with Crippen LogP contribution in [-0.4, -0.2) is 26.3 Å². The van der Waals surface area contributed by atoms with E-state index in [1.54, 1.807) is 11.8 Å². The van der Waals surface area contributed by atoms with E-state index in [4.69, 9.17) is 0 Å². The molecule has 0 radical (unpaired) electrons. The molecule has 0 unspecified atom stereocenters. The quantitative estimate of drug-likeness (QED) is 0.649. The van der Waals surface area contributed by atoms with Crippen molar-refractivity contribution in [2.24, 2.45) is 5.41 Å². The third kappa shape index (κ3) is 2.98. The van der Waals surface area contributed by atoms with Crippen molar-refractivity contribution in [3.63, 3.8) is 0 Å². The molecule has 134 valence electrons. The van der Waals surface area contributed by atoms with E-state index < -0.39 is 0 Å². The van der Waals surface area contributed by atoms with Crippen LogP contribution < -0.4 is 5.32 Å². The summed E-state index contributed by atoms with van der Waals surface area (Å²) in [7, 11) is 0. The Bertz CT molecular complexity index is 898. The molecular formula is C20H22N4OS. The zero-order chi connectivity index (χ0) is 18.3. The van der Waals surface area contributed by atoms with Gasteiger partial charge in [0.1, 0.15) is 6.04 Å². The minimum absolute atomic E-state index is 0.0488. The van der Waals surface area contributed by atoms with Crippen molar-refractivity contribution in [1.82, 2.24) is 14.8 Å². The summed E-state index contributed by atoms with van der Waals surface area (Å²) in [5.41, 5.74) is 2.82. The molecule has 0 saturated heterocycles. The second kappa shape index (κ2) is 6.43. The molecule has 1 aromatic heterocycles. The van der Waals surface area contributed by atoms with Crippen molar-refractivity contribution in [1.29, 1.82) is 0 Å². The van der Waals surface area contributed by atoms with E-state index >= 15 is 0 Å². The van der Waals surface area contributed by atoms with E-state index in [0.29, 0.717) is 17.5 Å². The molecule has 0 spiro atoms. The Hall–Kier alpha value is -2.34. The molecule has 1 aromatic carbocycles. The number of Topliss-reactive ketones (excluding diaryl/α,β-unsaturated/α-hetero) is 1. The SMILES string of the molecule is C=CCSc1nc2n(n1)[C@@H](c1ccccc1)C1=C(CC(C)(C)CC1=O)N2. The van der Waals surface area contributed by atoms with E-state index in [1.807, 2.05) is 29.0 Å². The fraction of sp³-hybridized carbons (Fsp3) is 0.350. The highest BCUT2D eigenvalue weighted by Crippen LogP contribution is 2.45. The van der Waals surface area contributed by atoms with Gasteiger partial charge < -0.3 is 5.32 Å². The number of fused-ring (bicyclic) bond motifs is 1. The summed E-state index contributed by atoms with van der Waals surface area (Å²) in [4.78, 5) is 17.7. The van der Waals surface area contributed by atoms with E-state index in [2.05, 4.69) is 48.0 Å². The molecule has 4 rings (SSSR count). The smallest absolute Gasteiger partial charge is 0.227 e. The van der Waals surface area contributed by atoms with Crippen LogP contribution in [0.25, 0.3) is 0 Å². The summed E-state index contributed by atoms with van der Waals surface area (Å²) in [5, 5.41) is 8.76. The second-order valence-corrected chi connectivity index (χ2v) is 8.52. The van der Waals surface area contributed by atoms with Gasteiger partial charge in [-0.15, -0.1) is 11.7 Å². The van der Waals surface area contributed by atoms with Crippen molar-refractivity contribution in [3.05, 3.63) is 59.8 Å². The van der Waals surface area contributed by atoms with Crippen LogP contribution in [0.4, 0.5) is 5.95 Å². The van der Waals surface area contributed by atoms with E-state index in [9.17, 15) is 4.79 Å². The number of hydrogen-bond acceptors (Lipinski definition) is 5. The Kier molecular flexibility index (Phi) is 4.23. The Labute approximate surface area is 157 Å². The monoisotopic (exact) mass is 366 g/mol. The number of rotatable bonds is 4. The van der Waals surface area contributed by atoms with Crippen LogP contribution in [0, 0.1) is 5.41 Å². The summed E-state index contributed by atoms with van der Waals surface area (Å²) < 4.78 is 1.86. The minimum atomic E-state index is -0.225. The number of nitrogens with zero attached hydrogens (tertiary/aromatic N) is 3. The van der Waals surface area contributed by atoms with Gasteiger partial charge in [0.2, 0.25) is 11.1 Å². The largest absolute Gasteiger partial charge is 0.328 e. The number of nitrogens with one attached hydrogen (secondary N) is 1. The van der Waals surface area contributed by atoms with Crippen molar-refractivity contribution in [2.75, 3.05) is 11.1 Å². The highest BCUT2D eigenvalue weighted by atomic mass is 32.2. The Morgan fingerprint density at radius 2 is 2.12 bits per heavy atom. The molecule has 0 bridgehead atoms. The molecule has 5 nitrogen and oxygen atoms in total. The predicted octanol–water partition coefficient (Wildman–Crippen LogP) is 4.21. The topological polar surface area (TPSA) is 59.8 Å². The van der Waals surface area contributed by atoms with Crippen LogP contribution in [0.3, 0.4) is 0 Å². The molecular weight excluding hydrogens is 344 g/mol. The molecule has 2 aliphatic rings. The molecule has 1 aliphatic heterocycles. The highest BCUT2D eigenvalue weighted by molar-refractivity contribution is 7.99. The minimum Gasteiger partial charge on any atom is -0.328 e. The molecule has 26 heavy (non-hydrogen) atoms. The first-order valence-corrected chi connectivity index (χ1v) is 9.75. The maximum atomic E-state index is 13.0. The number of carbonyl (C=O) groups is 1. The van der Waals surface area contributed by atoms with Crippen LogP contribution in [0.1, 0.15) is 38.3 Å². The summed E-state index contributed by atoms with van der Waals surface area (Å²) in [6.07, 6.45) is 3.22. The molecule has 2 heterocycles. The maximum absolute atomic E-state index is 13.0. The van der Waals surface area contributed by atoms with Gasteiger partial charge in [-0.3, -0.25) is 4.79 Å². The van der Waals surface area contributed by atoms with Gasteiger partial charge in [-0.25, -0.2) is 4.68 Å². The fourth-order valence-corrected chi connectivity index (χ4v) is 4.29. The first-order valence-electron chi connectivity index (χ1n) is 8.77. The zero-order valence-electron chi connectivity index (χ0n) is 15.0. The lowest BCUT2D eigenvalue weighted by atomic mass is 9.73. The van der Waals surface area contributed by atoms with Crippen LogP contribution >= 0.6 is 11.8 Å². The molecule has 1 aliphatic carbocycles. The zero-order valence-corrected chi connectivity index (χ0v) is 15.8. The van der Waals surface area contributed by atoms with E-state index in [1.165, 1.54) is 0 Å². The van der Waals surface area contributed by atoms with Gasteiger partial charge in [-0.05, 0) is 17.4 Å².